The molecule has 0 aliphatic heterocycles. The van der Waals surface area contributed by atoms with E-state index < -0.39 is 11.9 Å². The lowest BCUT2D eigenvalue weighted by Gasteiger charge is -2.09. The summed E-state index contributed by atoms with van der Waals surface area (Å²) < 4.78 is 6.45. The summed E-state index contributed by atoms with van der Waals surface area (Å²) >= 11 is 0. The summed E-state index contributed by atoms with van der Waals surface area (Å²) in [5.41, 5.74) is 5.38. The van der Waals surface area contributed by atoms with E-state index in [1.54, 1.807) is 28.9 Å². The molecule has 0 saturated carbocycles. The zero-order chi connectivity index (χ0) is 21.1. The Morgan fingerprint density at radius 1 is 1.07 bits per heavy atom. The fourth-order valence-electron chi connectivity index (χ4n) is 3.30. The van der Waals surface area contributed by atoms with Crippen LogP contribution in [0.5, 0.6) is 0 Å². The van der Waals surface area contributed by atoms with Gasteiger partial charge in [-0.25, -0.2) is 14.3 Å². The van der Waals surface area contributed by atoms with Crippen LogP contribution in [0.15, 0.2) is 42.5 Å². The predicted molar refractivity (Wildman–Crippen MR) is 111 cm³/mol. The summed E-state index contributed by atoms with van der Waals surface area (Å²) in [6, 6.07) is 12.6. The summed E-state index contributed by atoms with van der Waals surface area (Å²) in [7, 11) is 1.32. The van der Waals surface area contributed by atoms with E-state index in [4.69, 9.17) is 4.74 Å². The molecule has 0 saturated heterocycles. The molecule has 1 N–H and O–H groups in total. The Bertz CT molecular complexity index is 1070. The molecule has 2 aromatic carbocycles. The first-order valence-electron chi connectivity index (χ1n) is 9.49. The Kier molecular flexibility index (Phi) is 5.82. The highest BCUT2D eigenvalue weighted by Gasteiger charge is 2.25. The lowest BCUT2D eigenvalue weighted by atomic mass is 10.0. The van der Waals surface area contributed by atoms with Crippen LogP contribution in [0, 0.1) is 13.8 Å². The molecule has 0 aliphatic rings. The molecule has 0 fully saturated rings. The van der Waals surface area contributed by atoms with Gasteiger partial charge < -0.3 is 9.84 Å². The molecule has 3 rings (SSSR count). The average Bonchev–Trinajstić information content (AvgIpc) is 3.09. The Morgan fingerprint density at radius 3 is 2.31 bits per heavy atom. The number of esters is 1. The number of aryl methyl sites for hydroxylation is 2. The second-order valence-electron chi connectivity index (χ2n) is 6.97. The van der Waals surface area contributed by atoms with Gasteiger partial charge in [0.15, 0.2) is 0 Å². The third-order valence-electron chi connectivity index (χ3n) is 5.00. The van der Waals surface area contributed by atoms with Crippen molar-refractivity contribution in [1.29, 1.82) is 0 Å². The first-order valence-corrected chi connectivity index (χ1v) is 9.49. The van der Waals surface area contributed by atoms with Crippen LogP contribution in [-0.4, -0.2) is 33.9 Å². The molecule has 6 heteroatoms. The summed E-state index contributed by atoms with van der Waals surface area (Å²) in [6.45, 7) is 6.06. The molecule has 3 aromatic rings. The minimum Gasteiger partial charge on any atom is -0.478 e. The van der Waals surface area contributed by atoms with Crippen LogP contribution >= 0.6 is 0 Å². The Balaban J connectivity index is 2.20. The summed E-state index contributed by atoms with van der Waals surface area (Å²) in [4.78, 5) is 23.8. The van der Waals surface area contributed by atoms with Crippen LogP contribution < -0.4 is 0 Å². The number of aromatic nitrogens is 2. The van der Waals surface area contributed by atoms with Crippen molar-refractivity contribution in [3.05, 3.63) is 70.4 Å². The van der Waals surface area contributed by atoms with E-state index in [-0.39, 0.29) is 5.56 Å². The van der Waals surface area contributed by atoms with Crippen molar-refractivity contribution in [2.45, 2.75) is 33.6 Å². The van der Waals surface area contributed by atoms with E-state index in [9.17, 15) is 14.7 Å². The fourth-order valence-corrected chi connectivity index (χ4v) is 3.30. The highest BCUT2D eigenvalue weighted by molar-refractivity contribution is 5.97. The van der Waals surface area contributed by atoms with Gasteiger partial charge in [0, 0.05) is 5.56 Å². The van der Waals surface area contributed by atoms with Crippen molar-refractivity contribution >= 4 is 11.9 Å². The average molecular weight is 392 g/mol. The monoisotopic (exact) mass is 392 g/mol. The van der Waals surface area contributed by atoms with Gasteiger partial charge in [-0.3, -0.25) is 0 Å². The molecule has 6 nitrogen and oxygen atoms in total. The van der Waals surface area contributed by atoms with E-state index >= 15 is 0 Å². The van der Waals surface area contributed by atoms with Gasteiger partial charge in [0.1, 0.15) is 11.3 Å². The summed E-state index contributed by atoms with van der Waals surface area (Å²) in [5, 5.41) is 14.6. The first kappa shape index (κ1) is 20.3. The van der Waals surface area contributed by atoms with Gasteiger partial charge in [-0.1, -0.05) is 31.5 Å². The lowest BCUT2D eigenvalue weighted by molar-refractivity contribution is 0.0599. The number of hydrogen-bond donors (Lipinski definition) is 1. The zero-order valence-corrected chi connectivity index (χ0v) is 17.0. The second kappa shape index (κ2) is 8.31. The van der Waals surface area contributed by atoms with Gasteiger partial charge in [0.2, 0.25) is 0 Å². The van der Waals surface area contributed by atoms with Crippen molar-refractivity contribution in [3.63, 3.8) is 0 Å². The molecule has 0 radical (unpaired) electrons. The standard InChI is InChI=1S/C23H24N2O4/c1-5-6-19-20(22(26)27)21(16-8-10-17(11-9-16)23(28)29-4)24-25(19)18-12-7-14(2)15(3)13-18/h7-13H,5-6H2,1-4H3,(H,26,27). The van der Waals surface area contributed by atoms with Gasteiger partial charge in [0.25, 0.3) is 0 Å². The van der Waals surface area contributed by atoms with Crippen LogP contribution in [0.2, 0.25) is 0 Å². The van der Waals surface area contributed by atoms with Crippen molar-refractivity contribution in [2.75, 3.05) is 7.11 Å². The van der Waals surface area contributed by atoms with Crippen LogP contribution in [0.1, 0.15) is 50.9 Å². The molecule has 0 atom stereocenters. The van der Waals surface area contributed by atoms with E-state index in [1.165, 1.54) is 7.11 Å². The Morgan fingerprint density at radius 2 is 1.76 bits per heavy atom. The smallest absolute Gasteiger partial charge is 0.339 e. The minimum absolute atomic E-state index is 0.191. The number of benzene rings is 2. The Hall–Kier alpha value is -3.41. The number of methoxy groups -OCH3 is 1. The molecule has 150 valence electrons. The molecule has 1 heterocycles. The van der Waals surface area contributed by atoms with Crippen LogP contribution in [0.4, 0.5) is 0 Å². The molecule has 0 amide bonds. The number of carbonyl (C=O) groups is 2. The molecule has 0 bridgehead atoms. The molecule has 29 heavy (non-hydrogen) atoms. The maximum atomic E-state index is 12.2. The number of carboxylic acids is 1. The van der Waals surface area contributed by atoms with Gasteiger partial charge in [-0.2, -0.15) is 5.10 Å². The maximum Gasteiger partial charge on any atom is 0.339 e. The van der Waals surface area contributed by atoms with E-state index in [0.717, 1.165) is 23.2 Å². The normalized spacial score (nSPS) is 10.8. The first-order chi connectivity index (χ1) is 13.9. The number of ether oxygens (including phenoxy) is 1. The molecule has 0 aliphatic carbocycles. The molecule has 1 aromatic heterocycles. The third kappa shape index (κ3) is 3.92. The van der Waals surface area contributed by atoms with Gasteiger partial charge in [-0.05, 0) is 55.7 Å². The van der Waals surface area contributed by atoms with Crippen molar-refractivity contribution in [3.8, 4) is 16.9 Å². The number of nitrogens with zero attached hydrogens (tertiary/aromatic N) is 2. The van der Waals surface area contributed by atoms with Gasteiger partial charge in [-0.15, -0.1) is 0 Å². The number of hydrogen-bond acceptors (Lipinski definition) is 4. The minimum atomic E-state index is -1.02. The van der Waals surface area contributed by atoms with Crippen molar-refractivity contribution in [1.82, 2.24) is 9.78 Å². The van der Waals surface area contributed by atoms with Gasteiger partial charge in [0.05, 0.1) is 24.1 Å². The largest absolute Gasteiger partial charge is 0.478 e. The SMILES string of the molecule is CCCc1c(C(=O)O)c(-c2ccc(C(=O)OC)cc2)nn1-c1ccc(C)c(C)c1. The van der Waals surface area contributed by atoms with Crippen LogP contribution in [0.25, 0.3) is 16.9 Å². The topological polar surface area (TPSA) is 81.4 Å². The molecule has 0 unspecified atom stereocenters. The van der Waals surface area contributed by atoms with Crippen LogP contribution in [0.3, 0.4) is 0 Å². The lowest BCUT2D eigenvalue weighted by Crippen LogP contribution is -2.07. The number of carbonyl (C=O) groups excluding carboxylic acids is 1. The van der Waals surface area contributed by atoms with E-state index in [0.29, 0.717) is 28.9 Å². The number of rotatable bonds is 6. The highest BCUT2D eigenvalue weighted by Crippen LogP contribution is 2.29. The summed E-state index contributed by atoms with van der Waals surface area (Å²) in [5.74, 6) is -1.46. The zero-order valence-electron chi connectivity index (χ0n) is 17.0. The number of carboxylic acid groups (broad SMARTS) is 1. The number of aromatic carboxylic acids is 1. The molecular formula is C23H24N2O4. The molecular weight excluding hydrogens is 368 g/mol. The van der Waals surface area contributed by atoms with E-state index in [1.807, 2.05) is 39.0 Å². The van der Waals surface area contributed by atoms with Crippen molar-refractivity contribution < 1.29 is 19.4 Å². The maximum absolute atomic E-state index is 12.2. The second-order valence-corrected chi connectivity index (χ2v) is 6.97. The predicted octanol–water partition coefficient (Wildman–Crippen LogP) is 4.59. The summed E-state index contributed by atoms with van der Waals surface area (Å²) in [6.07, 6.45) is 1.37. The molecule has 0 spiro atoms. The van der Waals surface area contributed by atoms with Crippen molar-refractivity contribution in [2.24, 2.45) is 0 Å². The quantitative estimate of drug-likeness (QED) is 0.620. The Labute approximate surface area is 169 Å². The fraction of sp³-hybridized carbons (Fsp3) is 0.261. The van der Waals surface area contributed by atoms with Crippen LogP contribution in [-0.2, 0) is 11.2 Å². The van der Waals surface area contributed by atoms with Gasteiger partial charge >= 0.3 is 11.9 Å². The third-order valence-corrected chi connectivity index (χ3v) is 5.00. The van der Waals surface area contributed by atoms with E-state index in [2.05, 4.69) is 5.10 Å². The highest BCUT2D eigenvalue weighted by atomic mass is 16.5.